The minimum absolute atomic E-state index is 0.0379. The van der Waals surface area contributed by atoms with E-state index in [2.05, 4.69) is 24.4 Å². The van der Waals surface area contributed by atoms with E-state index in [1.165, 1.54) is 11.1 Å². The third kappa shape index (κ3) is 3.62. The normalized spacial score (nSPS) is 16.9. The fourth-order valence-electron chi connectivity index (χ4n) is 3.08. The molecule has 2 aromatic carbocycles. The Bertz CT molecular complexity index is 687. The van der Waals surface area contributed by atoms with Crippen molar-refractivity contribution >= 4 is 17.3 Å². The fourth-order valence-corrected chi connectivity index (χ4v) is 3.27. The molecule has 122 valence electrons. The Morgan fingerprint density at radius 1 is 1.26 bits per heavy atom. The first-order chi connectivity index (χ1) is 11.2. The highest BCUT2D eigenvalue weighted by molar-refractivity contribution is 6.30. The molecule has 0 aromatic heterocycles. The summed E-state index contributed by atoms with van der Waals surface area (Å²) in [6, 6.07) is 11.9. The number of ether oxygens (including phenoxy) is 1. The van der Waals surface area contributed by atoms with Crippen molar-refractivity contribution in [3.8, 4) is 5.75 Å². The lowest BCUT2D eigenvalue weighted by atomic mass is 9.92. The van der Waals surface area contributed by atoms with Crippen LogP contribution in [0.5, 0.6) is 5.75 Å². The number of aryl methyl sites for hydroxylation is 1. The number of halogens is 1. The molecule has 3 nitrogen and oxygen atoms in total. The molecule has 4 heteroatoms. The number of nitrogens with one attached hydrogen (secondary N) is 1. The molecular formula is C19H22ClNO2. The van der Waals surface area contributed by atoms with Gasteiger partial charge in [0.2, 0.25) is 0 Å². The zero-order valence-corrected chi connectivity index (χ0v) is 14.1. The Hall–Kier alpha value is -1.71. The second-order valence-corrected chi connectivity index (χ2v) is 6.41. The minimum Gasteiger partial charge on any atom is -0.491 e. The maximum atomic E-state index is 9.28. The number of benzene rings is 2. The highest BCUT2D eigenvalue weighted by Gasteiger charge is 2.21. The number of hydrogen-bond acceptors (Lipinski definition) is 3. The van der Waals surface area contributed by atoms with E-state index < -0.39 is 0 Å². The topological polar surface area (TPSA) is 41.5 Å². The maximum absolute atomic E-state index is 9.28. The zero-order chi connectivity index (χ0) is 16.2. The van der Waals surface area contributed by atoms with Gasteiger partial charge in [0.1, 0.15) is 5.75 Å². The third-order valence-corrected chi connectivity index (χ3v) is 4.50. The average Bonchev–Trinajstić information content (AvgIpc) is 2.77. The van der Waals surface area contributed by atoms with Crippen molar-refractivity contribution in [2.24, 2.45) is 0 Å². The lowest BCUT2D eigenvalue weighted by Crippen LogP contribution is -2.17. The van der Waals surface area contributed by atoms with E-state index in [1.807, 2.05) is 24.3 Å². The van der Waals surface area contributed by atoms with Gasteiger partial charge in [-0.3, -0.25) is 0 Å². The van der Waals surface area contributed by atoms with Crippen LogP contribution in [0.2, 0.25) is 5.02 Å². The molecule has 1 aliphatic rings. The van der Waals surface area contributed by atoms with Gasteiger partial charge in [0.15, 0.2) is 0 Å². The summed E-state index contributed by atoms with van der Waals surface area (Å²) in [5.41, 5.74) is 4.44. The molecule has 2 aromatic rings. The first-order valence-electron chi connectivity index (χ1n) is 8.10. The van der Waals surface area contributed by atoms with Gasteiger partial charge >= 0.3 is 0 Å². The molecule has 0 radical (unpaired) electrons. The van der Waals surface area contributed by atoms with Gasteiger partial charge in [-0.05, 0) is 47.4 Å². The molecule has 0 unspecified atom stereocenters. The van der Waals surface area contributed by atoms with Crippen LogP contribution >= 0.6 is 11.6 Å². The Morgan fingerprint density at radius 3 is 2.91 bits per heavy atom. The Kier molecular flexibility index (Phi) is 5.09. The van der Waals surface area contributed by atoms with Crippen molar-refractivity contribution in [3.05, 3.63) is 58.1 Å². The third-order valence-electron chi connectivity index (χ3n) is 4.27. The Morgan fingerprint density at radius 2 is 2.13 bits per heavy atom. The number of rotatable bonds is 4. The van der Waals surface area contributed by atoms with Crippen molar-refractivity contribution in [1.29, 1.82) is 0 Å². The summed E-state index contributed by atoms with van der Waals surface area (Å²) in [6.07, 6.45) is 2.11. The summed E-state index contributed by atoms with van der Waals surface area (Å²) in [5, 5.41) is 13.5. The van der Waals surface area contributed by atoms with E-state index in [-0.39, 0.29) is 12.5 Å². The van der Waals surface area contributed by atoms with Crippen molar-refractivity contribution in [2.45, 2.75) is 32.3 Å². The van der Waals surface area contributed by atoms with Crippen LogP contribution in [0.4, 0.5) is 5.69 Å². The lowest BCUT2D eigenvalue weighted by molar-refractivity contribution is 0.281. The summed E-state index contributed by atoms with van der Waals surface area (Å²) in [4.78, 5) is 0. The van der Waals surface area contributed by atoms with Crippen LogP contribution in [-0.2, 0) is 13.0 Å². The monoisotopic (exact) mass is 331 g/mol. The summed E-state index contributed by atoms with van der Waals surface area (Å²) in [7, 11) is 0. The average molecular weight is 332 g/mol. The van der Waals surface area contributed by atoms with Crippen molar-refractivity contribution in [1.82, 2.24) is 0 Å². The quantitative estimate of drug-likeness (QED) is 0.874. The van der Waals surface area contributed by atoms with Crippen LogP contribution in [0, 0.1) is 0 Å². The van der Waals surface area contributed by atoms with E-state index in [4.69, 9.17) is 16.3 Å². The maximum Gasteiger partial charge on any atom is 0.142 e. The number of anilines is 1. The van der Waals surface area contributed by atoms with E-state index in [0.29, 0.717) is 6.61 Å². The summed E-state index contributed by atoms with van der Waals surface area (Å²) < 4.78 is 6.00. The van der Waals surface area contributed by atoms with Crippen LogP contribution in [0.1, 0.15) is 36.0 Å². The van der Waals surface area contributed by atoms with E-state index in [9.17, 15) is 5.11 Å². The van der Waals surface area contributed by atoms with E-state index in [1.54, 1.807) is 0 Å². The second kappa shape index (κ2) is 7.24. The van der Waals surface area contributed by atoms with Gasteiger partial charge < -0.3 is 15.2 Å². The Balaban J connectivity index is 1.84. The largest absolute Gasteiger partial charge is 0.491 e. The SMILES string of the molecule is CCCc1cc(Cl)ccc1[C@H]1CNc2cc(CO)ccc2OC1. The van der Waals surface area contributed by atoms with Crippen LogP contribution in [0.25, 0.3) is 0 Å². The molecule has 1 aliphatic heterocycles. The molecular weight excluding hydrogens is 310 g/mol. The van der Waals surface area contributed by atoms with Gasteiger partial charge in [-0.2, -0.15) is 0 Å². The number of hydrogen-bond donors (Lipinski definition) is 2. The van der Waals surface area contributed by atoms with Crippen LogP contribution < -0.4 is 10.1 Å². The van der Waals surface area contributed by atoms with Gasteiger partial charge in [-0.25, -0.2) is 0 Å². The lowest BCUT2D eigenvalue weighted by Gasteiger charge is -2.18. The molecule has 23 heavy (non-hydrogen) atoms. The first kappa shape index (κ1) is 16.2. The molecule has 0 aliphatic carbocycles. The predicted molar refractivity (Wildman–Crippen MR) is 94.5 cm³/mol. The molecule has 1 heterocycles. The van der Waals surface area contributed by atoms with E-state index >= 15 is 0 Å². The summed E-state index contributed by atoms with van der Waals surface area (Å²) >= 11 is 6.16. The van der Waals surface area contributed by atoms with Gasteiger partial charge in [-0.15, -0.1) is 0 Å². The molecule has 0 fully saturated rings. The smallest absolute Gasteiger partial charge is 0.142 e. The van der Waals surface area contributed by atoms with Crippen LogP contribution in [0.15, 0.2) is 36.4 Å². The molecule has 0 saturated heterocycles. The van der Waals surface area contributed by atoms with Crippen molar-refractivity contribution in [2.75, 3.05) is 18.5 Å². The minimum atomic E-state index is 0.0379. The van der Waals surface area contributed by atoms with E-state index in [0.717, 1.165) is 41.4 Å². The van der Waals surface area contributed by atoms with Gasteiger partial charge in [-0.1, -0.05) is 37.1 Å². The molecule has 0 spiro atoms. The summed E-state index contributed by atoms with van der Waals surface area (Å²) in [5.74, 6) is 1.12. The van der Waals surface area contributed by atoms with Gasteiger partial charge in [0, 0.05) is 17.5 Å². The van der Waals surface area contributed by atoms with Gasteiger partial charge in [0.05, 0.1) is 18.9 Å². The Labute approximate surface area is 142 Å². The summed E-state index contributed by atoms with van der Waals surface area (Å²) in [6.45, 7) is 3.66. The molecule has 3 rings (SSSR count). The molecule has 0 saturated carbocycles. The highest BCUT2D eigenvalue weighted by atomic mass is 35.5. The zero-order valence-electron chi connectivity index (χ0n) is 13.3. The molecule has 0 bridgehead atoms. The number of fused-ring (bicyclic) bond motifs is 1. The van der Waals surface area contributed by atoms with Crippen LogP contribution in [0.3, 0.4) is 0 Å². The molecule has 2 N–H and O–H groups in total. The molecule has 1 atom stereocenters. The first-order valence-corrected chi connectivity index (χ1v) is 8.47. The predicted octanol–water partition coefficient (Wildman–Crippen LogP) is 4.37. The van der Waals surface area contributed by atoms with Crippen molar-refractivity contribution < 1.29 is 9.84 Å². The molecule has 0 amide bonds. The van der Waals surface area contributed by atoms with Gasteiger partial charge in [0.25, 0.3) is 0 Å². The highest BCUT2D eigenvalue weighted by Crippen LogP contribution is 2.33. The van der Waals surface area contributed by atoms with Crippen LogP contribution in [-0.4, -0.2) is 18.3 Å². The fraction of sp³-hybridized carbons (Fsp3) is 0.368. The second-order valence-electron chi connectivity index (χ2n) is 5.97. The number of aliphatic hydroxyl groups excluding tert-OH is 1. The number of aliphatic hydroxyl groups is 1. The standard InChI is InChI=1S/C19H22ClNO2/c1-2-3-14-9-16(20)5-6-17(14)15-10-21-18-8-13(11-22)4-7-19(18)23-12-15/h4-9,15,21-22H,2-3,10-12H2,1H3/t15-/m0/s1. The van der Waals surface area contributed by atoms with Crippen molar-refractivity contribution in [3.63, 3.8) is 0 Å².